The molecule has 4 aromatic rings. The van der Waals surface area contributed by atoms with Crippen LogP contribution < -0.4 is 5.32 Å². The van der Waals surface area contributed by atoms with E-state index in [1.807, 2.05) is 30.0 Å². The number of aromatic nitrogens is 4. The number of aromatic amines is 1. The first-order chi connectivity index (χ1) is 17.0. The summed E-state index contributed by atoms with van der Waals surface area (Å²) in [7, 11) is 0. The molecule has 5 heterocycles. The summed E-state index contributed by atoms with van der Waals surface area (Å²) >= 11 is 6.58. The van der Waals surface area contributed by atoms with Gasteiger partial charge in [-0.25, -0.2) is 15.0 Å². The number of rotatable bonds is 4. The molecule has 2 aliphatic rings. The van der Waals surface area contributed by atoms with Crippen molar-refractivity contribution >= 4 is 45.1 Å². The van der Waals surface area contributed by atoms with Gasteiger partial charge in [-0.15, -0.1) is 0 Å². The van der Waals surface area contributed by atoms with Gasteiger partial charge in [0.25, 0.3) is 5.91 Å². The molecule has 2 unspecified atom stereocenters. The van der Waals surface area contributed by atoms with Gasteiger partial charge in [0.2, 0.25) is 0 Å². The second kappa shape index (κ2) is 8.48. The second-order valence-corrected chi connectivity index (χ2v) is 9.40. The van der Waals surface area contributed by atoms with Crippen LogP contribution in [0.3, 0.4) is 0 Å². The molecule has 3 atom stereocenters. The van der Waals surface area contributed by atoms with E-state index in [0.29, 0.717) is 57.4 Å². The van der Waals surface area contributed by atoms with Crippen molar-refractivity contribution in [3.63, 3.8) is 0 Å². The van der Waals surface area contributed by atoms with Crippen molar-refractivity contribution in [3.05, 3.63) is 58.8 Å². The number of ether oxygens (including phenoxy) is 1. The average Bonchev–Trinajstić information content (AvgIpc) is 3.40. The number of nitrogens with one attached hydrogen (secondary N) is 2. The quantitative estimate of drug-likeness (QED) is 0.442. The molecule has 0 saturated carbocycles. The molecule has 0 radical (unpaired) electrons. The van der Waals surface area contributed by atoms with Crippen LogP contribution in [-0.4, -0.2) is 56.0 Å². The van der Waals surface area contributed by atoms with Crippen LogP contribution in [-0.2, 0) is 4.74 Å². The molecule has 6 rings (SSSR count). The van der Waals surface area contributed by atoms with Gasteiger partial charge >= 0.3 is 0 Å². The van der Waals surface area contributed by atoms with Crippen LogP contribution in [0.2, 0.25) is 5.02 Å². The lowest BCUT2D eigenvalue weighted by Crippen LogP contribution is -2.49. The number of halogens is 1. The van der Waals surface area contributed by atoms with E-state index >= 15 is 0 Å². The van der Waals surface area contributed by atoms with Gasteiger partial charge in [0.05, 0.1) is 53.0 Å². The molecule has 2 fully saturated rings. The molecule has 9 nitrogen and oxygen atoms in total. The Morgan fingerprint density at radius 1 is 1.29 bits per heavy atom. The Balaban J connectivity index is 1.42. The molecule has 1 amide bonds. The average molecular weight is 488 g/mol. The maximum Gasteiger partial charge on any atom is 0.273 e. The number of benzene rings is 1. The molecule has 176 valence electrons. The zero-order valence-corrected chi connectivity index (χ0v) is 19.7. The number of hydrogen-bond donors (Lipinski definition) is 2. The molecule has 10 heteroatoms. The Morgan fingerprint density at radius 2 is 2.09 bits per heavy atom. The molecule has 2 saturated heterocycles. The Kier molecular flexibility index (Phi) is 5.28. The number of fused-ring (bicyclic) bond motifs is 4. The third kappa shape index (κ3) is 3.57. The van der Waals surface area contributed by atoms with Crippen molar-refractivity contribution in [2.24, 2.45) is 0 Å². The van der Waals surface area contributed by atoms with Crippen LogP contribution in [0.15, 0.2) is 36.8 Å². The summed E-state index contributed by atoms with van der Waals surface area (Å²) in [4.78, 5) is 32.2. The van der Waals surface area contributed by atoms with Crippen LogP contribution in [0.25, 0.3) is 21.8 Å². The lowest BCUT2D eigenvalue weighted by Gasteiger charge is -2.34. The van der Waals surface area contributed by atoms with Gasteiger partial charge in [-0.3, -0.25) is 4.79 Å². The highest BCUT2D eigenvalue weighted by Gasteiger charge is 2.41. The third-order valence-electron chi connectivity index (χ3n) is 6.89. The molecule has 1 aromatic carbocycles. The molecule has 2 N–H and O–H groups in total. The molecule has 0 spiro atoms. The standard InChI is InChI=1S/C25H22ClN7O2/c1-13(31-24-21-15(8-27)9-28-23(21)29-12-30-24)19-7-14-3-2-4-18(26)20(14)22(32-19)25(34)33-16-5-6-17(33)11-35-10-16/h2-4,7,9,12-13,16-17H,5-6,10-11H2,1H3,(H2,28,29,30,31)/t13-,16?,17?/m0/s1. The van der Waals surface area contributed by atoms with Crippen molar-refractivity contribution in [1.29, 1.82) is 5.26 Å². The van der Waals surface area contributed by atoms with E-state index in [-0.39, 0.29) is 24.0 Å². The number of hydrogen-bond acceptors (Lipinski definition) is 7. The molecular formula is C25H22ClN7O2. The van der Waals surface area contributed by atoms with Gasteiger partial charge in [0, 0.05) is 11.6 Å². The van der Waals surface area contributed by atoms with E-state index in [1.165, 1.54) is 6.33 Å². The number of carbonyl (C=O) groups is 1. The molecule has 2 bridgehead atoms. The first-order valence-electron chi connectivity index (χ1n) is 11.5. The van der Waals surface area contributed by atoms with Crippen LogP contribution >= 0.6 is 11.6 Å². The normalized spacial score (nSPS) is 20.2. The predicted molar refractivity (Wildman–Crippen MR) is 131 cm³/mol. The Hall–Kier alpha value is -3.74. The van der Waals surface area contributed by atoms with Crippen molar-refractivity contribution < 1.29 is 9.53 Å². The first-order valence-corrected chi connectivity index (χ1v) is 11.9. The number of H-pyrrole nitrogens is 1. The topological polar surface area (TPSA) is 120 Å². The SMILES string of the molecule is C[C@H](Nc1ncnc2[nH]cc(C#N)c12)c1cc2cccc(Cl)c2c(C(=O)N2C3CCC2COC3)n1. The highest BCUT2D eigenvalue weighted by molar-refractivity contribution is 6.36. The number of morpholine rings is 1. The van der Waals surface area contributed by atoms with E-state index in [1.54, 1.807) is 12.3 Å². The number of carbonyl (C=O) groups excluding carboxylic acids is 1. The fourth-order valence-electron chi connectivity index (χ4n) is 5.19. The number of nitriles is 1. The summed E-state index contributed by atoms with van der Waals surface area (Å²) in [5.74, 6) is 0.405. The monoisotopic (exact) mass is 487 g/mol. The van der Waals surface area contributed by atoms with E-state index in [9.17, 15) is 10.1 Å². The second-order valence-electron chi connectivity index (χ2n) is 8.99. The van der Waals surface area contributed by atoms with Crippen LogP contribution in [0.5, 0.6) is 0 Å². The number of anilines is 1. The van der Waals surface area contributed by atoms with E-state index in [4.69, 9.17) is 21.3 Å². The van der Waals surface area contributed by atoms with Crippen LogP contribution in [0.4, 0.5) is 5.82 Å². The fraction of sp³-hybridized carbons (Fsp3) is 0.320. The van der Waals surface area contributed by atoms with Gasteiger partial charge in [-0.2, -0.15) is 5.26 Å². The summed E-state index contributed by atoms with van der Waals surface area (Å²) in [6, 6.07) is 9.50. The van der Waals surface area contributed by atoms with Crippen molar-refractivity contribution in [3.8, 4) is 6.07 Å². The van der Waals surface area contributed by atoms with Gasteiger partial charge in [0.15, 0.2) is 0 Å². The summed E-state index contributed by atoms with van der Waals surface area (Å²) in [6.45, 7) is 3.04. The number of nitrogens with zero attached hydrogens (tertiary/aromatic N) is 5. The van der Waals surface area contributed by atoms with E-state index in [2.05, 4.69) is 26.3 Å². The summed E-state index contributed by atoms with van der Waals surface area (Å²) < 4.78 is 5.67. The number of amides is 1. The minimum Gasteiger partial charge on any atom is -0.377 e. The molecule has 2 aliphatic heterocycles. The minimum absolute atomic E-state index is 0.0621. The summed E-state index contributed by atoms with van der Waals surface area (Å²) in [5, 5.41) is 15.4. The molecule has 35 heavy (non-hydrogen) atoms. The summed E-state index contributed by atoms with van der Waals surface area (Å²) in [6.07, 6.45) is 4.91. The third-order valence-corrected chi connectivity index (χ3v) is 7.21. The van der Waals surface area contributed by atoms with Gasteiger partial charge in [-0.05, 0) is 37.3 Å². The van der Waals surface area contributed by atoms with Crippen molar-refractivity contribution in [2.75, 3.05) is 18.5 Å². The van der Waals surface area contributed by atoms with E-state index < -0.39 is 0 Å². The van der Waals surface area contributed by atoms with Crippen LogP contribution in [0.1, 0.15) is 47.6 Å². The fourth-order valence-corrected chi connectivity index (χ4v) is 5.46. The number of pyridine rings is 1. The van der Waals surface area contributed by atoms with Gasteiger partial charge in [-0.1, -0.05) is 23.7 Å². The highest BCUT2D eigenvalue weighted by Crippen LogP contribution is 2.35. The van der Waals surface area contributed by atoms with Gasteiger partial charge < -0.3 is 19.9 Å². The minimum atomic E-state index is -0.314. The van der Waals surface area contributed by atoms with Crippen molar-refractivity contribution in [2.45, 2.75) is 37.9 Å². The highest BCUT2D eigenvalue weighted by atomic mass is 35.5. The maximum atomic E-state index is 13.9. The Bertz CT molecular complexity index is 1500. The molecular weight excluding hydrogens is 466 g/mol. The lowest BCUT2D eigenvalue weighted by molar-refractivity contribution is -0.00736. The first kappa shape index (κ1) is 21.8. The summed E-state index contributed by atoms with van der Waals surface area (Å²) in [5.41, 5.74) is 2.04. The largest absolute Gasteiger partial charge is 0.377 e. The molecule has 0 aliphatic carbocycles. The lowest BCUT2D eigenvalue weighted by atomic mass is 10.0. The van der Waals surface area contributed by atoms with E-state index in [0.717, 1.165) is 18.2 Å². The Labute approximate surface area is 206 Å². The van der Waals surface area contributed by atoms with Gasteiger partial charge in [0.1, 0.15) is 29.6 Å². The Morgan fingerprint density at radius 3 is 2.86 bits per heavy atom. The zero-order valence-electron chi connectivity index (χ0n) is 19.0. The zero-order chi connectivity index (χ0) is 24.1. The molecule has 3 aromatic heterocycles. The van der Waals surface area contributed by atoms with Crippen LogP contribution in [0, 0.1) is 11.3 Å². The maximum absolute atomic E-state index is 13.9. The predicted octanol–water partition coefficient (Wildman–Crippen LogP) is 4.21. The smallest absolute Gasteiger partial charge is 0.273 e. The van der Waals surface area contributed by atoms with Crippen molar-refractivity contribution in [1.82, 2.24) is 24.8 Å².